The third-order valence-corrected chi connectivity index (χ3v) is 2.69. The fourth-order valence-electron chi connectivity index (χ4n) is 1.76. The van der Waals surface area contributed by atoms with E-state index in [4.69, 9.17) is 5.11 Å². The first kappa shape index (κ1) is 15.0. The minimum atomic E-state index is -1.01. The van der Waals surface area contributed by atoms with E-state index in [0.717, 1.165) is 18.4 Å². The molecule has 2 amide bonds. The van der Waals surface area contributed by atoms with Crippen molar-refractivity contribution in [3.63, 3.8) is 0 Å². The molecule has 5 heteroatoms. The summed E-state index contributed by atoms with van der Waals surface area (Å²) in [5.41, 5.74) is 1.81. The van der Waals surface area contributed by atoms with Crippen molar-refractivity contribution in [2.75, 3.05) is 18.4 Å². The lowest BCUT2D eigenvalue weighted by atomic mass is 10.1. The predicted octanol–water partition coefficient (Wildman–Crippen LogP) is 2.58. The van der Waals surface area contributed by atoms with E-state index >= 15 is 0 Å². The lowest BCUT2D eigenvalue weighted by molar-refractivity contribution is -0.137. The summed E-state index contributed by atoms with van der Waals surface area (Å²) in [5.74, 6) is -1.01. The SMILES string of the molecule is CCCN(CC(=O)O)C(=O)Nc1cccc(CC)c1. The van der Waals surface area contributed by atoms with Crippen molar-refractivity contribution >= 4 is 17.7 Å². The molecule has 19 heavy (non-hydrogen) atoms. The van der Waals surface area contributed by atoms with Crippen LogP contribution in [0.2, 0.25) is 0 Å². The molecule has 0 heterocycles. The Morgan fingerprint density at radius 3 is 2.63 bits per heavy atom. The quantitative estimate of drug-likeness (QED) is 0.829. The summed E-state index contributed by atoms with van der Waals surface area (Å²) in [6.45, 7) is 4.08. The second-order valence-electron chi connectivity index (χ2n) is 4.30. The zero-order valence-electron chi connectivity index (χ0n) is 11.3. The third kappa shape index (κ3) is 4.99. The largest absolute Gasteiger partial charge is 0.480 e. The van der Waals surface area contributed by atoms with E-state index in [9.17, 15) is 9.59 Å². The highest BCUT2D eigenvalue weighted by Crippen LogP contribution is 2.12. The summed E-state index contributed by atoms with van der Waals surface area (Å²) in [6, 6.07) is 7.16. The van der Waals surface area contributed by atoms with E-state index in [2.05, 4.69) is 5.32 Å². The first-order valence-electron chi connectivity index (χ1n) is 6.43. The number of urea groups is 1. The Kier molecular flexibility index (Phi) is 5.85. The fraction of sp³-hybridized carbons (Fsp3) is 0.429. The summed E-state index contributed by atoms with van der Waals surface area (Å²) >= 11 is 0. The Morgan fingerprint density at radius 1 is 1.32 bits per heavy atom. The van der Waals surface area contributed by atoms with Gasteiger partial charge in [0.2, 0.25) is 0 Å². The molecular formula is C14H20N2O3. The fourth-order valence-corrected chi connectivity index (χ4v) is 1.76. The molecule has 104 valence electrons. The number of carboxylic acid groups (broad SMARTS) is 1. The topological polar surface area (TPSA) is 69.6 Å². The molecule has 0 saturated carbocycles. The van der Waals surface area contributed by atoms with Gasteiger partial charge in [-0.15, -0.1) is 0 Å². The molecule has 0 saturated heterocycles. The van der Waals surface area contributed by atoms with Crippen molar-refractivity contribution in [2.24, 2.45) is 0 Å². The van der Waals surface area contributed by atoms with Gasteiger partial charge >= 0.3 is 12.0 Å². The van der Waals surface area contributed by atoms with Crippen LogP contribution in [0.3, 0.4) is 0 Å². The summed E-state index contributed by atoms with van der Waals surface area (Å²) in [7, 11) is 0. The predicted molar refractivity (Wildman–Crippen MR) is 74.3 cm³/mol. The number of nitrogens with one attached hydrogen (secondary N) is 1. The number of carboxylic acids is 1. The molecule has 0 aliphatic heterocycles. The van der Waals surface area contributed by atoms with Gasteiger partial charge in [-0.3, -0.25) is 4.79 Å². The highest BCUT2D eigenvalue weighted by atomic mass is 16.4. The van der Waals surface area contributed by atoms with E-state index in [0.29, 0.717) is 12.2 Å². The molecule has 0 unspecified atom stereocenters. The maximum absolute atomic E-state index is 12.0. The van der Waals surface area contributed by atoms with Crippen LogP contribution >= 0.6 is 0 Å². The first-order chi connectivity index (χ1) is 9.06. The van der Waals surface area contributed by atoms with Gasteiger partial charge < -0.3 is 15.3 Å². The molecule has 1 aromatic carbocycles. The number of amides is 2. The smallest absolute Gasteiger partial charge is 0.323 e. The average Bonchev–Trinajstić information content (AvgIpc) is 2.38. The Bertz CT molecular complexity index is 446. The van der Waals surface area contributed by atoms with Crippen molar-refractivity contribution in [2.45, 2.75) is 26.7 Å². The van der Waals surface area contributed by atoms with Crippen LogP contribution < -0.4 is 5.32 Å². The number of hydrogen-bond acceptors (Lipinski definition) is 2. The standard InChI is InChI=1S/C14H20N2O3/c1-3-8-16(10-13(17)18)14(19)15-12-7-5-6-11(4-2)9-12/h5-7,9H,3-4,8,10H2,1-2H3,(H,15,19)(H,17,18). The van der Waals surface area contributed by atoms with E-state index in [1.54, 1.807) is 6.07 Å². The van der Waals surface area contributed by atoms with Gasteiger partial charge in [-0.05, 0) is 30.5 Å². The number of benzene rings is 1. The van der Waals surface area contributed by atoms with Crippen molar-refractivity contribution < 1.29 is 14.7 Å². The van der Waals surface area contributed by atoms with Crippen LogP contribution in [-0.2, 0) is 11.2 Å². The highest BCUT2D eigenvalue weighted by molar-refractivity contribution is 5.91. The molecule has 5 nitrogen and oxygen atoms in total. The van der Waals surface area contributed by atoms with Gasteiger partial charge in [-0.2, -0.15) is 0 Å². The lowest BCUT2D eigenvalue weighted by Crippen LogP contribution is -2.39. The number of aryl methyl sites for hydroxylation is 1. The Balaban J connectivity index is 2.71. The van der Waals surface area contributed by atoms with Crippen LogP contribution in [-0.4, -0.2) is 35.1 Å². The molecule has 0 bridgehead atoms. The van der Waals surface area contributed by atoms with Gasteiger partial charge in [-0.25, -0.2) is 4.79 Å². The summed E-state index contributed by atoms with van der Waals surface area (Å²) in [4.78, 5) is 24.0. The summed E-state index contributed by atoms with van der Waals surface area (Å²) in [5, 5.41) is 11.5. The van der Waals surface area contributed by atoms with Crippen molar-refractivity contribution in [3.8, 4) is 0 Å². The molecule has 1 rings (SSSR count). The number of hydrogen-bond donors (Lipinski definition) is 2. The van der Waals surface area contributed by atoms with Crippen LogP contribution in [0, 0.1) is 0 Å². The second-order valence-corrected chi connectivity index (χ2v) is 4.30. The van der Waals surface area contributed by atoms with E-state index in [1.807, 2.05) is 32.0 Å². The van der Waals surface area contributed by atoms with Crippen LogP contribution in [0.1, 0.15) is 25.8 Å². The van der Waals surface area contributed by atoms with Gasteiger partial charge in [0.05, 0.1) is 0 Å². The average molecular weight is 264 g/mol. The molecule has 0 spiro atoms. The number of carbonyl (C=O) groups is 2. The third-order valence-electron chi connectivity index (χ3n) is 2.69. The Morgan fingerprint density at radius 2 is 2.05 bits per heavy atom. The van der Waals surface area contributed by atoms with Crippen LogP contribution in [0.4, 0.5) is 10.5 Å². The molecule has 0 aromatic heterocycles. The molecule has 0 radical (unpaired) electrons. The second kappa shape index (κ2) is 7.41. The normalized spacial score (nSPS) is 10.0. The van der Waals surface area contributed by atoms with Crippen LogP contribution in [0.5, 0.6) is 0 Å². The maximum Gasteiger partial charge on any atom is 0.323 e. The van der Waals surface area contributed by atoms with Crippen molar-refractivity contribution in [3.05, 3.63) is 29.8 Å². The van der Waals surface area contributed by atoms with E-state index in [-0.39, 0.29) is 12.6 Å². The molecule has 0 fully saturated rings. The Labute approximate surface area is 113 Å². The summed E-state index contributed by atoms with van der Waals surface area (Å²) < 4.78 is 0. The monoisotopic (exact) mass is 264 g/mol. The zero-order valence-corrected chi connectivity index (χ0v) is 11.3. The number of anilines is 1. The molecular weight excluding hydrogens is 244 g/mol. The molecule has 1 aromatic rings. The zero-order chi connectivity index (χ0) is 14.3. The number of aliphatic carboxylic acids is 1. The number of nitrogens with zero attached hydrogens (tertiary/aromatic N) is 1. The maximum atomic E-state index is 12.0. The highest BCUT2D eigenvalue weighted by Gasteiger charge is 2.15. The van der Waals surface area contributed by atoms with Gasteiger partial charge in [-0.1, -0.05) is 26.0 Å². The van der Waals surface area contributed by atoms with Crippen molar-refractivity contribution in [1.82, 2.24) is 4.90 Å². The van der Waals surface area contributed by atoms with E-state index in [1.165, 1.54) is 4.90 Å². The lowest BCUT2D eigenvalue weighted by Gasteiger charge is -2.20. The molecule has 2 N–H and O–H groups in total. The molecule has 0 atom stereocenters. The van der Waals surface area contributed by atoms with Gasteiger partial charge in [0.15, 0.2) is 0 Å². The number of carbonyl (C=O) groups excluding carboxylic acids is 1. The van der Waals surface area contributed by atoms with Gasteiger partial charge in [0.1, 0.15) is 6.54 Å². The molecule has 0 aliphatic rings. The molecule has 0 aliphatic carbocycles. The summed E-state index contributed by atoms with van der Waals surface area (Å²) in [6.07, 6.45) is 1.60. The first-order valence-corrected chi connectivity index (χ1v) is 6.43. The van der Waals surface area contributed by atoms with E-state index < -0.39 is 5.97 Å². The van der Waals surface area contributed by atoms with Crippen molar-refractivity contribution in [1.29, 1.82) is 0 Å². The Hall–Kier alpha value is -2.04. The van der Waals surface area contributed by atoms with Gasteiger partial charge in [0.25, 0.3) is 0 Å². The van der Waals surface area contributed by atoms with Crippen LogP contribution in [0.25, 0.3) is 0 Å². The minimum Gasteiger partial charge on any atom is -0.480 e. The van der Waals surface area contributed by atoms with Crippen LogP contribution in [0.15, 0.2) is 24.3 Å². The van der Waals surface area contributed by atoms with Gasteiger partial charge in [0, 0.05) is 12.2 Å². The minimum absolute atomic E-state index is 0.285. The number of rotatable bonds is 6.